The van der Waals surface area contributed by atoms with E-state index in [0.29, 0.717) is 18.0 Å². The summed E-state index contributed by atoms with van der Waals surface area (Å²) in [5.74, 6) is 2.77. The Balaban J connectivity index is 1.04. The maximum absolute atomic E-state index is 12.7. The highest BCUT2D eigenvalue weighted by atomic mass is 32.2. The summed E-state index contributed by atoms with van der Waals surface area (Å²) in [7, 11) is 0. The highest BCUT2D eigenvalue weighted by Gasteiger charge is 2.51. The molecule has 0 unspecified atom stereocenters. The van der Waals surface area contributed by atoms with Crippen molar-refractivity contribution in [3.8, 4) is 0 Å². The van der Waals surface area contributed by atoms with Gasteiger partial charge in [-0.3, -0.25) is 14.5 Å². The molecule has 0 aromatic heterocycles. The van der Waals surface area contributed by atoms with Crippen LogP contribution in [0.3, 0.4) is 0 Å². The number of carbonyl (C=O) groups is 2. The first-order valence-corrected chi connectivity index (χ1v) is 13.3. The molecule has 6 heteroatoms. The molecule has 4 saturated carbocycles. The van der Waals surface area contributed by atoms with Crippen molar-refractivity contribution in [3.63, 3.8) is 0 Å². The van der Waals surface area contributed by atoms with Crippen molar-refractivity contribution in [2.75, 3.05) is 6.54 Å². The predicted octanol–water partition coefficient (Wildman–Crippen LogP) is 6.17. The van der Waals surface area contributed by atoms with Crippen LogP contribution in [-0.2, 0) is 4.79 Å². The van der Waals surface area contributed by atoms with Crippen LogP contribution in [0.5, 0.6) is 0 Å². The van der Waals surface area contributed by atoms with Gasteiger partial charge in [-0.15, -0.1) is 0 Å². The van der Waals surface area contributed by atoms with Gasteiger partial charge in [0.05, 0.1) is 4.91 Å². The van der Waals surface area contributed by atoms with E-state index < -0.39 is 0 Å². The van der Waals surface area contributed by atoms with Crippen molar-refractivity contribution in [2.24, 2.45) is 17.8 Å². The summed E-state index contributed by atoms with van der Waals surface area (Å²) in [6, 6.07) is 9.96. The van der Waals surface area contributed by atoms with E-state index in [2.05, 4.69) is 5.32 Å². The highest BCUT2D eigenvalue weighted by Crippen LogP contribution is 2.55. The monoisotopic (exact) mass is 468 g/mol. The molecule has 1 saturated heterocycles. The van der Waals surface area contributed by atoms with Crippen LogP contribution >= 0.6 is 24.0 Å². The summed E-state index contributed by atoms with van der Waals surface area (Å²) < 4.78 is 0. The van der Waals surface area contributed by atoms with Gasteiger partial charge in [0.25, 0.3) is 5.24 Å². The fourth-order valence-electron chi connectivity index (χ4n) is 6.75. The fraction of sp³-hybridized carbons (Fsp3) is 0.577. The molecule has 1 aromatic carbocycles. The van der Waals surface area contributed by atoms with Crippen LogP contribution in [0.2, 0.25) is 0 Å². The zero-order valence-electron chi connectivity index (χ0n) is 18.6. The maximum atomic E-state index is 12.7. The minimum Gasteiger partial charge on any atom is -0.351 e. The maximum Gasteiger partial charge on any atom is 0.291 e. The molecule has 0 spiro atoms. The van der Waals surface area contributed by atoms with Crippen LogP contribution in [0.4, 0.5) is 4.79 Å². The number of nitrogens with zero attached hydrogens (tertiary/aromatic N) is 1. The summed E-state index contributed by atoms with van der Waals surface area (Å²) in [6.45, 7) is 0.632. The average Bonchev–Trinajstić information content (AvgIpc) is 3.00. The van der Waals surface area contributed by atoms with Crippen molar-refractivity contribution in [1.29, 1.82) is 0 Å². The van der Waals surface area contributed by atoms with Gasteiger partial charge >= 0.3 is 0 Å². The van der Waals surface area contributed by atoms with E-state index >= 15 is 0 Å². The van der Waals surface area contributed by atoms with Crippen molar-refractivity contribution < 1.29 is 9.59 Å². The molecule has 2 amide bonds. The van der Waals surface area contributed by atoms with Crippen LogP contribution in [-0.4, -0.2) is 33.1 Å². The Labute approximate surface area is 200 Å². The Morgan fingerprint density at radius 3 is 2.38 bits per heavy atom. The van der Waals surface area contributed by atoms with Crippen molar-refractivity contribution >= 4 is 46.2 Å². The first-order chi connectivity index (χ1) is 15.5. The third-order valence-corrected chi connectivity index (χ3v) is 9.19. The second-order valence-electron chi connectivity index (χ2n) is 10.3. The number of rotatable bonds is 8. The lowest BCUT2D eigenvalue weighted by Crippen LogP contribution is -2.59. The molecule has 0 atom stereocenters. The molecule has 170 valence electrons. The third-order valence-electron chi connectivity index (χ3n) is 7.70. The lowest BCUT2D eigenvalue weighted by molar-refractivity contribution is -0.127. The van der Waals surface area contributed by atoms with Crippen LogP contribution in [0, 0.1) is 17.8 Å². The molecule has 0 radical (unpaired) electrons. The molecule has 4 nitrogen and oxygen atoms in total. The number of thioether (sulfide) groups is 1. The molecule has 5 aliphatic rings. The summed E-state index contributed by atoms with van der Waals surface area (Å²) in [5, 5.41) is 3.48. The van der Waals surface area contributed by atoms with Crippen LogP contribution in [0.15, 0.2) is 35.2 Å². The zero-order chi connectivity index (χ0) is 22.1. The Morgan fingerprint density at radius 1 is 1.06 bits per heavy atom. The predicted molar refractivity (Wildman–Crippen MR) is 134 cm³/mol. The number of thiocarbonyl (C=S) groups is 1. The topological polar surface area (TPSA) is 49.4 Å². The summed E-state index contributed by atoms with van der Waals surface area (Å²) in [4.78, 5) is 28.3. The molecule has 5 fully saturated rings. The van der Waals surface area contributed by atoms with Gasteiger partial charge in [-0.1, -0.05) is 49.0 Å². The number of nitrogens with one attached hydrogen (secondary N) is 1. The van der Waals surface area contributed by atoms with Gasteiger partial charge in [-0.2, -0.15) is 0 Å². The van der Waals surface area contributed by atoms with E-state index in [-0.39, 0.29) is 16.7 Å². The average molecular weight is 469 g/mol. The minimum absolute atomic E-state index is 0.0109. The molecule has 1 aliphatic heterocycles. The SMILES string of the molecule is O=C(CCCCCN1C(=O)S/C(=C/c2ccccc2)C1=S)NC12CC3CC(CC(C3)C1)C2. The largest absolute Gasteiger partial charge is 0.351 e. The molecule has 1 N–H and O–H groups in total. The van der Waals surface area contributed by atoms with E-state index in [1.165, 1.54) is 50.3 Å². The zero-order valence-corrected chi connectivity index (χ0v) is 20.2. The Kier molecular flexibility index (Phi) is 6.44. The van der Waals surface area contributed by atoms with Gasteiger partial charge in [0.1, 0.15) is 4.99 Å². The van der Waals surface area contributed by atoms with Crippen LogP contribution in [0.1, 0.15) is 69.8 Å². The standard InChI is InChI=1S/C26H32N2O2S2/c29-23(27-26-15-19-11-20(16-26)13-21(12-19)17-26)9-5-2-6-10-28-24(31)22(32-25(28)30)14-18-7-3-1-4-8-18/h1,3-4,7-8,14,19-21H,2,5-6,9-13,15-17H2,(H,27,29)/b22-14+. The molecule has 6 rings (SSSR count). The van der Waals surface area contributed by atoms with E-state index in [0.717, 1.165) is 47.5 Å². The lowest BCUT2D eigenvalue weighted by Gasteiger charge is -2.56. The second kappa shape index (κ2) is 9.30. The second-order valence-corrected chi connectivity index (χ2v) is 11.7. The Morgan fingerprint density at radius 2 is 1.72 bits per heavy atom. The number of unbranched alkanes of at least 4 members (excludes halogenated alkanes) is 2. The quantitative estimate of drug-likeness (QED) is 0.282. The van der Waals surface area contributed by atoms with Crippen molar-refractivity contribution in [2.45, 2.75) is 69.7 Å². The summed E-state index contributed by atoms with van der Waals surface area (Å²) in [6.07, 6.45) is 13.0. The fourth-order valence-corrected chi connectivity index (χ4v) is 8.04. The number of hydrogen-bond donors (Lipinski definition) is 1. The normalized spacial score (nSPS) is 32.2. The molecule has 4 aliphatic carbocycles. The third kappa shape index (κ3) is 4.81. The van der Waals surface area contributed by atoms with E-state index in [4.69, 9.17) is 12.2 Å². The van der Waals surface area contributed by atoms with Crippen molar-refractivity contribution in [3.05, 3.63) is 40.8 Å². The van der Waals surface area contributed by atoms with Gasteiger partial charge in [0.15, 0.2) is 0 Å². The van der Waals surface area contributed by atoms with Gasteiger partial charge in [0, 0.05) is 18.5 Å². The summed E-state index contributed by atoms with van der Waals surface area (Å²) >= 11 is 6.77. The van der Waals surface area contributed by atoms with E-state index in [1.807, 2.05) is 36.4 Å². The van der Waals surface area contributed by atoms with Gasteiger partial charge in [0.2, 0.25) is 5.91 Å². The van der Waals surface area contributed by atoms with Crippen molar-refractivity contribution in [1.82, 2.24) is 10.2 Å². The smallest absolute Gasteiger partial charge is 0.291 e. The number of benzene rings is 1. The molecular weight excluding hydrogens is 436 g/mol. The van der Waals surface area contributed by atoms with Crippen LogP contribution in [0.25, 0.3) is 6.08 Å². The highest BCUT2D eigenvalue weighted by molar-refractivity contribution is 8.19. The van der Waals surface area contributed by atoms with Gasteiger partial charge in [-0.25, -0.2) is 0 Å². The van der Waals surface area contributed by atoms with Crippen LogP contribution < -0.4 is 5.32 Å². The number of hydrogen-bond acceptors (Lipinski definition) is 4. The van der Waals surface area contributed by atoms with E-state index in [9.17, 15) is 9.59 Å². The Bertz CT molecular complexity index is 892. The first kappa shape index (κ1) is 22.1. The Hall–Kier alpha value is -1.66. The molecule has 4 bridgehead atoms. The molecule has 32 heavy (non-hydrogen) atoms. The van der Waals surface area contributed by atoms with E-state index in [1.54, 1.807) is 4.90 Å². The lowest BCUT2D eigenvalue weighted by atomic mass is 9.53. The summed E-state index contributed by atoms with van der Waals surface area (Å²) in [5.41, 5.74) is 1.16. The van der Waals surface area contributed by atoms with Gasteiger partial charge < -0.3 is 5.32 Å². The first-order valence-electron chi connectivity index (χ1n) is 12.1. The molecule has 1 aromatic rings. The molecular formula is C26H32N2O2S2. The minimum atomic E-state index is 0.0109. The molecule has 1 heterocycles. The van der Waals surface area contributed by atoms with Gasteiger partial charge in [-0.05, 0) is 92.5 Å². The number of carbonyl (C=O) groups excluding carboxylic acids is 2. The number of amides is 2.